The van der Waals surface area contributed by atoms with Crippen LogP contribution in [0.2, 0.25) is 0 Å². The third-order valence-electron chi connectivity index (χ3n) is 1.95. The van der Waals surface area contributed by atoms with Crippen LogP contribution in [0, 0.1) is 11.8 Å². The molecule has 0 aliphatic carbocycles. The number of nitrogens with two attached hydrogens (primary N) is 1. The van der Waals surface area contributed by atoms with Gasteiger partial charge in [0.15, 0.2) is 0 Å². The molecule has 1 rings (SSSR count). The first kappa shape index (κ1) is 13.7. The molecule has 6 heteroatoms. The van der Waals surface area contributed by atoms with Gasteiger partial charge in [0.1, 0.15) is 12.2 Å². The van der Waals surface area contributed by atoms with Gasteiger partial charge in [-0.2, -0.15) is 0 Å². The van der Waals surface area contributed by atoms with Crippen LogP contribution in [0.4, 0.5) is 0 Å². The second kappa shape index (κ2) is 7.04. The lowest BCUT2D eigenvalue weighted by Crippen LogP contribution is -2.30. The van der Waals surface area contributed by atoms with Gasteiger partial charge in [0.2, 0.25) is 0 Å². The number of ether oxygens (including phenoxy) is 1. The fourth-order valence-corrected chi connectivity index (χ4v) is 1.07. The summed E-state index contributed by atoms with van der Waals surface area (Å²) in [7, 11) is 1.25. The summed E-state index contributed by atoms with van der Waals surface area (Å²) in [6.07, 6.45) is 1.47. The molecule has 94 valence electrons. The SMILES string of the molecule is COC(=O)CNC(=O)c1ccc(C#CCN)cn1. The highest BCUT2D eigenvalue weighted by Gasteiger charge is 2.08. The van der Waals surface area contributed by atoms with E-state index in [1.165, 1.54) is 19.4 Å². The number of carbonyl (C=O) groups excluding carboxylic acids is 2. The summed E-state index contributed by atoms with van der Waals surface area (Å²) in [5.41, 5.74) is 6.11. The summed E-state index contributed by atoms with van der Waals surface area (Å²) in [5, 5.41) is 2.38. The van der Waals surface area contributed by atoms with Gasteiger partial charge in [-0.1, -0.05) is 11.8 Å². The largest absolute Gasteiger partial charge is 0.468 e. The quantitative estimate of drug-likeness (QED) is 0.544. The maximum absolute atomic E-state index is 11.6. The first-order chi connectivity index (χ1) is 8.67. The van der Waals surface area contributed by atoms with Crippen LogP contribution in [0.3, 0.4) is 0 Å². The number of pyridine rings is 1. The van der Waals surface area contributed by atoms with Crippen LogP contribution in [-0.4, -0.2) is 37.1 Å². The second-order valence-electron chi connectivity index (χ2n) is 3.20. The Balaban J connectivity index is 2.62. The number of methoxy groups -OCH3 is 1. The van der Waals surface area contributed by atoms with E-state index >= 15 is 0 Å². The van der Waals surface area contributed by atoms with Gasteiger partial charge in [0.25, 0.3) is 5.91 Å². The number of hydrogen-bond acceptors (Lipinski definition) is 5. The Labute approximate surface area is 105 Å². The van der Waals surface area contributed by atoms with E-state index in [0.717, 1.165) is 0 Å². The Kier molecular flexibility index (Phi) is 5.35. The van der Waals surface area contributed by atoms with Crippen molar-refractivity contribution in [1.29, 1.82) is 0 Å². The minimum Gasteiger partial charge on any atom is -0.468 e. The van der Waals surface area contributed by atoms with Crippen molar-refractivity contribution in [2.24, 2.45) is 5.73 Å². The standard InChI is InChI=1S/C12H13N3O3/c1-18-11(16)8-15-12(17)10-5-4-9(7-14-10)3-2-6-13/h4-5,7H,6,8,13H2,1H3,(H,15,17). The number of nitrogens with zero attached hydrogens (tertiary/aromatic N) is 1. The average Bonchev–Trinajstić information content (AvgIpc) is 2.42. The molecule has 0 atom stereocenters. The maximum atomic E-state index is 11.6. The van der Waals surface area contributed by atoms with Gasteiger partial charge in [-0.3, -0.25) is 9.59 Å². The lowest BCUT2D eigenvalue weighted by molar-refractivity contribution is -0.139. The van der Waals surface area contributed by atoms with Crippen LogP contribution in [0.15, 0.2) is 18.3 Å². The molecule has 1 heterocycles. The molecule has 1 aromatic rings. The molecule has 0 spiro atoms. The van der Waals surface area contributed by atoms with Gasteiger partial charge in [0.05, 0.1) is 13.7 Å². The Morgan fingerprint density at radius 2 is 2.28 bits per heavy atom. The summed E-state index contributed by atoms with van der Waals surface area (Å²) in [4.78, 5) is 26.3. The molecule has 0 bridgehead atoms. The van der Waals surface area contributed by atoms with Gasteiger partial charge in [-0.25, -0.2) is 4.98 Å². The molecule has 0 aliphatic rings. The van der Waals surface area contributed by atoms with Crippen LogP contribution < -0.4 is 11.1 Å². The number of esters is 1. The van der Waals surface area contributed by atoms with E-state index in [1.807, 2.05) is 0 Å². The van der Waals surface area contributed by atoms with E-state index in [2.05, 4.69) is 26.9 Å². The fourth-order valence-electron chi connectivity index (χ4n) is 1.07. The normalized spacial score (nSPS) is 9.00. The summed E-state index contributed by atoms with van der Waals surface area (Å²) in [5.74, 6) is 4.50. The molecular formula is C12H13N3O3. The molecular weight excluding hydrogens is 234 g/mol. The molecule has 0 fully saturated rings. The van der Waals surface area contributed by atoms with E-state index in [0.29, 0.717) is 5.56 Å². The number of aromatic nitrogens is 1. The van der Waals surface area contributed by atoms with Crippen molar-refractivity contribution in [2.45, 2.75) is 0 Å². The smallest absolute Gasteiger partial charge is 0.325 e. The van der Waals surface area contributed by atoms with Gasteiger partial charge in [0, 0.05) is 11.8 Å². The molecule has 0 saturated heterocycles. The van der Waals surface area contributed by atoms with E-state index in [9.17, 15) is 9.59 Å². The molecule has 1 aromatic heterocycles. The van der Waals surface area contributed by atoms with Crippen molar-refractivity contribution in [2.75, 3.05) is 20.2 Å². The summed E-state index contributed by atoms with van der Waals surface area (Å²) in [6, 6.07) is 3.18. The zero-order valence-electron chi connectivity index (χ0n) is 9.90. The number of amides is 1. The molecule has 0 aromatic carbocycles. The average molecular weight is 247 g/mol. The van der Waals surface area contributed by atoms with E-state index in [1.54, 1.807) is 6.07 Å². The number of hydrogen-bond donors (Lipinski definition) is 2. The van der Waals surface area contributed by atoms with Gasteiger partial charge >= 0.3 is 5.97 Å². The van der Waals surface area contributed by atoms with Crippen molar-refractivity contribution >= 4 is 11.9 Å². The first-order valence-electron chi connectivity index (χ1n) is 5.17. The number of carbonyl (C=O) groups is 2. The summed E-state index contributed by atoms with van der Waals surface area (Å²) < 4.78 is 4.40. The van der Waals surface area contributed by atoms with Crippen LogP contribution >= 0.6 is 0 Å². The van der Waals surface area contributed by atoms with Crippen LogP contribution in [-0.2, 0) is 9.53 Å². The topological polar surface area (TPSA) is 94.3 Å². The molecule has 1 amide bonds. The first-order valence-corrected chi connectivity index (χ1v) is 5.17. The van der Waals surface area contributed by atoms with Crippen LogP contribution in [0.25, 0.3) is 0 Å². The third-order valence-corrected chi connectivity index (χ3v) is 1.95. The fraction of sp³-hybridized carbons (Fsp3) is 0.250. The Morgan fingerprint density at radius 1 is 1.50 bits per heavy atom. The second-order valence-corrected chi connectivity index (χ2v) is 3.20. The highest BCUT2D eigenvalue weighted by molar-refractivity contribution is 5.94. The lowest BCUT2D eigenvalue weighted by Gasteiger charge is -2.02. The van der Waals surface area contributed by atoms with Crippen molar-refractivity contribution in [3.05, 3.63) is 29.6 Å². The molecule has 0 unspecified atom stereocenters. The summed E-state index contributed by atoms with van der Waals surface area (Å²) >= 11 is 0. The maximum Gasteiger partial charge on any atom is 0.325 e. The molecule has 0 saturated carbocycles. The Hall–Kier alpha value is -2.39. The Morgan fingerprint density at radius 3 is 2.83 bits per heavy atom. The van der Waals surface area contributed by atoms with E-state index < -0.39 is 11.9 Å². The molecule has 0 radical (unpaired) electrons. The predicted molar refractivity (Wildman–Crippen MR) is 64.5 cm³/mol. The van der Waals surface area contributed by atoms with Crippen molar-refractivity contribution in [3.63, 3.8) is 0 Å². The minimum absolute atomic E-state index is 0.189. The van der Waals surface area contributed by atoms with Crippen molar-refractivity contribution in [1.82, 2.24) is 10.3 Å². The highest BCUT2D eigenvalue weighted by Crippen LogP contribution is 1.98. The highest BCUT2D eigenvalue weighted by atomic mass is 16.5. The summed E-state index contributed by atoms with van der Waals surface area (Å²) in [6.45, 7) is 0.0765. The lowest BCUT2D eigenvalue weighted by atomic mass is 10.2. The van der Waals surface area contributed by atoms with E-state index in [-0.39, 0.29) is 18.8 Å². The van der Waals surface area contributed by atoms with Gasteiger partial charge < -0.3 is 15.8 Å². The monoisotopic (exact) mass is 247 g/mol. The third kappa shape index (κ3) is 4.23. The molecule has 3 N–H and O–H groups in total. The minimum atomic E-state index is -0.520. The van der Waals surface area contributed by atoms with Crippen LogP contribution in [0.1, 0.15) is 16.1 Å². The van der Waals surface area contributed by atoms with E-state index in [4.69, 9.17) is 5.73 Å². The van der Waals surface area contributed by atoms with Crippen molar-refractivity contribution in [3.8, 4) is 11.8 Å². The van der Waals surface area contributed by atoms with Crippen LogP contribution in [0.5, 0.6) is 0 Å². The van der Waals surface area contributed by atoms with Gasteiger partial charge in [-0.05, 0) is 12.1 Å². The zero-order valence-corrected chi connectivity index (χ0v) is 9.90. The molecule has 18 heavy (non-hydrogen) atoms. The van der Waals surface area contributed by atoms with Gasteiger partial charge in [-0.15, -0.1) is 0 Å². The zero-order chi connectivity index (χ0) is 13.4. The number of rotatable bonds is 3. The predicted octanol–water partition coefficient (Wildman–Crippen LogP) is -0.705. The number of nitrogens with one attached hydrogen (secondary N) is 1. The van der Waals surface area contributed by atoms with Crippen molar-refractivity contribution < 1.29 is 14.3 Å². The Bertz CT molecular complexity index is 486. The molecule has 6 nitrogen and oxygen atoms in total. The molecule has 0 aliphatic heterocycles.